The van der Waals surface area contributed by atoms with Crippen LogP contribution in [0.1, 0.15) is 17.5 Å². The summed E-state index contributed by atoms with van der Waals surface area (Å²) in [6.07, 6.45) is -1.21. The van der Waals surface area contributed by atoms with Crippen LogP contribution < -0.4 is 4.74 Å². The van der Waals surface area contributed by atoms with Gasteiger partial charge in [-0.15, -0.1) is 0 Å². The van der Waals surface area contributed by atoms with Crippen LogP contribution >= 0.6 is 0 Å². The predicted octanol–water partition coefficient (Wildman–Crippen LogP) is 1.41. The third-order valence-electron chi connectivity index (χ3n) is 3.80. The Hall–Kier alpha value is -1.18. The van der Waals surface area contributed by atoms with Gasteiger partial charge in [-0.25, -0.2) is 12.8 Å². The van der Waals surface area contributed by atoms with Gasteiger partial charge in [-0.3, -0.25) is 0 Å². The van der Waals surface area contributed by atoms with E-state index >= 15 is 0 Å². The fraction of sp³-hybridized carbons (Fsp3) is 0.571. The van der Waals surface area contributed by atoms with Crippen molar-refractivity contribution in [3.8, 4) is 5.75 Å². The first-order valence-electron chi connectivity index (χ1n) is 6.73. The Balaban J connectivity index is 2.47. The van der Waals surface area contributed by atoms with Gasteiger partial charge in [-0.05, 0) is 43.5 Å². The maximum atomic E-state index is 13.5. The van der Waals surface area contributed by atoms with E-state index in [0.29, 0.717) is 16.9 Å². The molecule has 0 aromatic heterocycles. The Morgan fingerprint density at radius 2 is 2.05 bits per heavy atom. The second-order valence-corrected chi connectivity index (χ2v) is 7.19. The summed E-state index contributed by atoms with van der Waals surface area (Å²) < 4.78 is 45.2. The summed E-state index contributed by atoms with van der Waals surface area (Å²) in [6, 6.07) is 2.48. The van der Waals surface area contributed by atoms with Crippen molar-refractivity contribution in [3.05, 3.63) is 23.3 Å². The molecule has 0 unspecified atom stereocenters. The fourth-order valence-corrected chi connectivity index (χ4v) is 4.63. The van der Waals surface area contributed by atoms with Gasteiger partial charge in [0.2, 0.25) is 10.0 Å². The minimum atomic E-state index is -3.83. The van der Waals surface area contributed by atoms with E-state index in [1.807, 2.05) is 0 Å². The number of benzene rings is 1. The van der Waals surface area contributed by atoms with Crippen LogP contribution in [0.25, 0.3) is 0 Å². The number of aliphatic hydroxyl groups excluding tert-OH is 1. The van der Waals surface area contributed by atoms with Crippen molar-refractivity contribution >= 4 is 10.0 Å². The van der Waals surface area contributed by atoms with Crippen molar-refractivity contribution < 1.29 is 22.7 Å². The van der Waals surface area contributed by atoms with Crippen molar-refractivity contribution in [3.63, 3.8) is 0 Å². The van der Waals surface area contributed by atoms with Gasteiger partial charge in [0, 0.05) is 6.54 Å². The zero-order chi connectivity index (χ0) is 15.8. The van der Waals surface area contributed by atoms with Gasteiger partial charge in [0.1, 0.15) is 11.9 Å². The van der Waals surface area contributed by atoms with Gasteiger partial charge in [0.15, 0.2) is 0 Å². The summed E-state index contributed by atoms with van der Waals surface area (Å²) in [5.41, 5.74) is 1.23. The number of halogens is 1. The third-order valence-corrected chi connectivity index (χ3v) is 5.86. The summed E-state index contributed by atoms with van der Waals surface area (Å²) in [6.45, 7) is 2.83. The summed E-state index contributed by atoms with van der Waals surface area (Å²) >= 11 is 0. The quantitative estimate of drug-likeness (QED) is 0.912. The van der Waals surface area contributed by atoms with Gasteiger partial charge in [0.05, 0.1) is 24.7 Å². The molecule has 2 rings (SSSR count). The Morgan fingerprint density at radius 3 is 2.62 bits per heavy atom. The number of sulfonamides is 1. The van der Waals surface area contributed by atoms with Crippen molar-refractivity contribution in [2.24, 2.45) is 0 Å². The molecule has 1 heterocycles. The molecule has 1 aromatic carbocycles. The monoisotopic (exact) mass is 317 g/mol. The van der Waals surface area contributed by atoms with Crippen LogP contribution in [0.4, 0.5) is 4.39 Å². The molecule has 0 radical (unpaired) electrons. The van der Waals surface area contributed by atoms with Crippen molar-refractivity contribution in [1.82, 2.24) is 4.31 Å². The van der Waals surface area contributed by atoms with Crippen LogP contribution in [-0.4, -0.2) is 50.3 Å². The van der Waals surface area contributed by atoms with Crippen LogP contribution in [-0.2, 0) is 10.0 Å². The number of hydrogen-bond donors (Lipinski definition) is 1. The average Bonchev–Trinajstić information content (AvgIpc) is 2.82. The van der Waals surface area contributed by atoms with Gasteiger partial charge in [-0.1, -0.05) is 0 Å². The highest BCUT2D eigenvalue weighted by atomic mass is 32.2. The third kappa shape index (κ3) is 2.90. The van der Waals surface area contributed by atoms with E-state index in [-0.39, 0.29) is 24.5 Å². The molecule has 2 atom stereocenters. The number of nitrogens with zero attached hydrogens (tertiary/aromatic N) is 1. The molecule has 1 saturated heterocycles. The molecule has 118 valence electrons. The summed E-state index contributed by atoms with van der Waals surface area (Å²) in [4.78, 5) is 0.133. The summed E-state index contributed by atoms with van der Waals surface area (Å²) in [5, 5.41) is 9.28. The van der Waals surface area contributed by atoms with E-state index in [0.717, 1.165) is 4.31 Å². The molecule has 1 aliphatic rings. The number of alkyl halides is 1. The Bertz CT molecular complexity index is 632. The minimum absolute atomic E-state index is 0.0317. The van der Waals surface area contributed by atoms with E-state index in [1.54, 1.807) is 19.9 Å². The van der Waals surface area contributed by atoms with Gasteiger partial charge < -0.3 is 9.84 Å². The van der Waals surface area contributed by atoms with Crippen LogP contribution in [0.2, 0.25) is 0 Å². The standard InChI is InChI=1S/C14H20FNO4S/c1-9-5-14(10(2)4-13(9)20-3)21(18,19)16-7-11(15)6-12(16)8-17/h4-5,11-12,17H,6-8H2,1-3H3/t11-,12-/m0/s1. The molecule has 7 heteroatoms. The molecular weight excluding hydrogens is 297 g/mol. The summed E-state index contributed by atoms with van der Waals surface area (Å²) in [5.74, 6) is 0.606. The fourth-order valence-electron chi connectivity index (χ4n) is 2.68. The molecule has 0 bridgehead atoms. The lowest BCUT2D eigenvalue weighted by molar-refractivity contribution is 0.213. The molecule has 21 heavy (non-hydrogen) atoms. The van der Waals surface area contributed by atoms with E-state index in [4.69, 9.17) is 4.74 Å². The van der Waals surface area contributed by atoms with Crippen molar-refractivity contribution in [2.45, 2.75) is 37.4 Å². The number of ether oxygens (including phenoxy) is 1. The lowest BCUT2D eigenvalue weighted by atomic mass is 10.1. The highest BCUT2D eigenvalue weighted by molar-refractivity contribution is 7.89. The maximum absolute atomic E-state index is 13.5. The topological polar surface area (TPSA) is 66.8 Å². The minimum Gasteiger partial charge on any atom is -0.496 e. The van der Waals surface area contributed by atoms with Gasteiger partial charge in [0.25, 0.3) is 0 Å². The predicted molar refractivity (Wildman–Crippen MR) is 76.7 cm³/mol. The average molecular weight is 317 g/mol. The zero-order valence-electron chi connectivity index (χ0n) is 12.3. The normalized spacial score (nSPS) is 23.5. The SMILES string of the molecule is COc1cc(C)c(S(=O)(=O)N2C[C@@H](F)C[C@H]2CO)cc1C. The largest absolute Gasteiger partial charge is 0.496 e. The second kappa shape index (κ2) is 5.90. The van der Waals surface area contributed by atoms with Crippen LogP contribution in [0.3, 0.4) is 0 Å². The van der Waals surface area contributed by atoms with Gasteiger partial charge in [-0.2, -0.15) is 4.31 Å². The maximum Gasteiger partial charge on any atom is 0.243 e. The first-order chi connectivity index (χ1) is 9.81. The molecule has 1 N–H and O–H groups in total. The second-order valence-electron chi connectivity index (χ2n) is 5.33. The Kier molecular flexibility index (Phi) is 4.55. The number of rotatable bonds is 4. The molecule has 0 saturated carbocycles. The van der Waals surface area contributed by atoms with Crippen molar-refractivity contribution in [2.75, 3.05) is 20.3 Å². The number of hydrogen-bond acceptors (Lipinski definition) is 4. The van der Waals surface area contributed by atoms with Gasteiger partial charge >= 0.3 is 0 Å². The molecule has 0 aliphatic carbocycles. The molecule has 1 fully saturated rings. The van der Waals surface area contributed by atoms with E-state index < -0.39 is 22.2 Å². The molecule has 1 aromatic rings. The lowest BCUT2D eigenvalue weighted by Crippen LogP contribution is -2.38. The molecule has 5 nitrogen and oxygen atoms in total. The van der Waals surface area contributed by atoms with Crippen LogP contribution in [0.5, 0.6) is 5.75 Å². The highest BCUT2D eigenvalue weighted by Crippen LogP contribution is 2.32. The molecule has 0 spiro atoms. The zero-order valence-corrected chi connectivity index (χ0v) is 13.2. The smallest absolute Gasteiger partial charge is 0.243 e. The molecular formula is C14H20FNO4S. The van der Waals surface area contributed by atoms with Crippen molar-refractivity contribution in [1.29, 1.82) is 0 Å². The molecule has 0 amide bonds. The summed E-state index contributed by atoms with van der Waals surface area (Å²) in [7, 11) is -2.31. The first kappa shape index (κ1) is 16.2. The number of aryl methyl sites for hydroxylation is 2. The Morgan fingerprint density at radius 1 is 1.38 bits per heavy atom. The highest BCUT2D eigenvalue weighted by Gasteiger charge is 2.40. The van der Waals surface area contributed by atoms with E-state index in [9.17, 15) is 17.9 Å². The Labute approximate surface area is 124 Å². The number of aliphatic hydroxyl groups is 1. The van der Waals surface area contributed by atoms with Crippen LogP contribution in [0.15, 0.2) is 17.0 Å². The van der Waals surface area contributed by atoms with E-state index in [1.165, 1.54) is 13.2 Å². The number of methoxy groups -OCH3 is 1. The van der Waals surface area contributed by atoms with Crippen LogP contribution in [0, 0.1) is 13.8 Å². The molecule has 1 aliphatic heterocycles. The first-order valence-corrected chi connectivity index (χ1v) is 8.17. The lowest BCUT2D eigenvalue weighted by Gasteiger charge is -2.23. The van der Waals surface area contributed by atoms with E-state index in [2.05, 4.69) is 0 Å².